The minimum atomic E-state index is 0.0844. The highest BCUT2D eigenvalue weighted by Crippen LogP contribution is 2.17. The second-order valence-electron chi connectivity index (χ2n) is 2.88. The van der Waals surface area contributed by atoms with Crippen molar-refractivity contribution in [2.24, 2.45) is 0 Å². The van der Waals surface area contributed by atoms with E-state index in [-0.39, 0.29) is 8.64 Å². The number of hydrogen-bond donors (Lipinski definition) is 4. The first-order valence-corrected chi connectivity index (χ1v) is 7.39. The van der Waals surface area contributed by atoms with Gasteiger partial charge in [0.1, 0.15) is 0 Å². The molecule has 0 aromatic heterocycles. The molecule has 1 rings (SSSR count). The molecule has 0 aliphatic carbocycles. The van der Waals surface area contributed by atoms with Gasteiger partial charge in [0.25, 0.3) is 0 Å². The molecule has 0 aromatic carbocycles. The van der Waals surface area contributed by atoms with Crippen LogP contribution in [0.3, 0.4) is 0 Å². The Bertz CT molecular complexity index is 288. The SMILES string of the molecule is ONON(C(=S)S)N(C(=S)S)N1CCSCC1. The van der Waals surface area contributed by atoms with E-state index in [0.717, 1.165) is 29.8 Å². The smallest absolute Gasteiger partial charge is 0.185 e. The molecule has 17 heavy (non-hydrogen) atoms. The first-order chi connectivity index (χ1) is 8.07. The van der Waals surface area contributed by atoms with Crippen LogP contribution in [0.15, 0.2) is 0 Å². The third-order valence-electron chi connectivity index (χ3n) is 1.89. The lowest BCUT2D eigenvalue weighted by molar-refractivity contribution is -0.340. The average molecular weight is 333 g/mol. The fourth-order valence-corrected chi connectivity index (χ4v) is 2.78. The lowest BCUT2D eigenvalue weighted by atomic mass is 10.6. The summed E-state index contributed by atoms with van der Waals surface area (Å²) in [4.78, 5) is 4.74. The molecule has 2 N–H and O–H groups in total. The van der Waals surface area contributed by atoms with Crippen molar-refractivity contribution in [3.8, 4) is 0 Å². The van der Waals surface area contributed by atoms with E-state index in [1.165, 1.54) is 5.12 Å². The molecule has 6 nitrogen and oxygen atoms in total. The van der Waals surface area contributed by atoms with Crippen LogP contribution in [-0.4, -0.2) is 53.7 Å². The Hall–Kier alpha value is 0.670. The molecule has 1 aliphatic heterocycles. The zero-order valence-corrected chi connectivity index (χ0v) is 12.9. The van der Waals surface area contributed by atoms with Crippen molar-refractivity contribution in [1.82, 2.24) is 20.9 Å². The minimum absolute atomic E-state index is 0.0844. The lowest BCUT2D eigenvalue weighted by Gasteiger charge is -2.41. The van der Waals surface area contributed by atoms with Gasteiger partial charge in [0.15, 0.2) is 8.64 Å². The Morgan fingerprint density at radius 1 is 1.29 bits per heavy atom. The van der Waals surface area contributed by atoms with Gasteiger partial charge in [-0.3, -0.25) is 5.21 Å². The summed E-state index contributed by atoms with van der Waals surface area (Å²) >= 11 is 19.9. The highest BCUT2D eigenvalue weighted by Gasteiger charge is 2.27. The van der Waals surface area contributed by atoms with Crippen LogP contribution in [0, 0.1) is 0 Å². The number of hydroxylamine groups is 1. The van der Waals surface area contributed by atoms with Crippen LogP contribution in [0.2, 0.25) is 0 Å². The summed E-state index contributed by atoms with van der Waals surface area (Å²) in [6.07, 6.45) is 0. The number of thiocarbonyl (C=S) groups is 2. The van der Waals surface area contributed by atoms with Crippen LogP contribution < -0.4 is 5.64 Å². The number of hydrazine groups is 2. The lowest BCUT2D eigenvalue weighted by Crippen LogP contribution is -2.58. The van der Waals surface area contributed by atoms with Crippen LogP contribution in [0.4, 0.5) is 0 Å². The molecule has 0 unspecified atom stereocenters. The predicted octanol–water partition coefficient (Wildman–Crippen LogP) is 0.724. The zero-order chi connectivity index (χ0) is 12.8. The summed E-state index contributed by atoms with van der Waals surface area (Å²) in [5, 5.41) is 13.0. The van der Waals surface area contributed by atoms with Crippen LogP contribution >= 0.6 is 61.5 Å². The molecule has 0 radical (unpaired) electrons. The van der Waals surface area contributed by atoms with Crippen molar-refractivity contribution >= 4 is 70.1 Å². The van der Waals surface area contributed by atoms with Crippen molar-refractivity contribution in [2.45, 2.75) is 0 Å². The van der Waals surface area contributed by atoms with Gasteiger partial charge in [0, 0.05) is 24.6 Å². The summed E-state index contributed by atoms with van der Waals surface area (Å²) in [6, 6.07) is 0. The summed E-state index contributed by atoms with van der Waals surface area (Å²) in [6.45, 7) is 1.54. The number of thioether (sulfide) groups is 1. The van der Waals surface area contributed by atoms with Gasteiger partial charge in [-0.05, 0) is 24.4 Å². The van der Waals surface area contributed by atoms with Crippen LogP contribution in [0.5, 0.6) is 0 Å². The Labute approximate surface area is 125 Å². The van der Waals surface area contributed by atoms with Gasteiger partial charge in [-0.2, -0.15) is 21.9 Å². The van der Waals surface area contributed by atoms with Crippen molar-refractivity contribution in [3.63, 3.8) is 0 Å². The Balaban J connectivity index is 2.80. The highest BCUT2D eigenvalue weighted by molar-refractivity contribution is 8.11. The molecular formula is C6H12N4O2S5. The van der Waals surface area contributed by atoms with Crippen molar-refractivity contribution in [2.75, 3.05) is 24.6 Å². The van der Waals surface area contributed by atoms with Crippen molar-refractivity contribution in [3.05, 3.63) is 0 Å². The number of nitrogens with one attached hydrogen (secondary N) is 1. The summed E-state index contributed by atoms with van der Waals surface area (Å²) in [5.41, 5.74) is 1.55. The van der Waals surface area contributed by atoms with Gasteiger partial charge in [-0.1, -0.05) is 5.64 Å². The molecule has 1 fully saturated rings. The average Bonchev–Trinajstić information content (AvgIpc) is 2.29. The molecular weight excluding hydrogens is 320 g/mol. The molecule has 0 aromatic rings. The highest BCUT2D eigenvalue weighted by atomic mass is 32.2. The summed E-state index contributed by atoms with van der Waals surface area (Å²) < 4.78 is 0.324. The fraction of sp³-hybridized carbons (Fsp3) is 0.667. The molecule has 1 saturated heterocycles. The predicted molar refractivity (Wildman–Crippen MR) is 81.8 cm³/mol. The maximum Gasteiger partial charge on any atom is 0.185 e. The first-order valence-electron chi connectivity index (χ1n) is 4.52. The van der Waals surface area contributed by atoms with E-state index in [9.17, 15) is 0 Å². The Morgan fingerprint density at radius 3 is 2.29 bits per heavy atom. The molecule has 0 saturated carbocycles. The van der Waals surface area contributed by atoms with E-state index in [0.29, 0.717) is 0 Å². The van der Waals surface area contributed by atoms with Gasteiger partial charge >= 0.3 is 0 Å². The second-order valence-corrected chi connectivity index (χ2v) is 6.33. The monoisotopic (exact) mass is 332 g/mol. The number of rotatable bonds is 3. The van der Waals surface area contributed by atoms with Crippen LogP contribution in [-0.2, 0) is 4.94 Å². The van der Waals surface area contributed by atoms with Gasteiger partial charge in [-0.15, -0.1) is 35.4 Å². The molecule has 0 bridgehead atoms. The summed E-state index contributed by atoms with van der Waals surface area (Å²) in [5.74, 6) is 1.93. The van der Waals surface area contributed by atoms with Crippen molar-refractivity contribution in [1.29, 1.82) is 0 Å². The number of hydrogen-bond acceptors (Lipinski definition) is 7. The minimum Gasteiger partial charge on any atom is -0.290 e. The third-order valence-corrected chi connectivity index (χ3v) is 3.50. The van der Waals surface area contributed by atoms with Crippen LogP contribution in [0.25, 0.3) is 0 Å². The molecule has 0 atom stereocenters. The van der Waals surface area contributed by atoms with E-state index in [1.54, 1.807) is 5.64 Å². The summed E-state index contributed by atoms with van der Waals surface area (Å²) in [7, 11) is 0. The molecule has 1 aliphatic rings. The van der Waals surface area contributed by atoms with E-state index in [4.69, 9.17) is 34.6 Å². The second kappa shape index (κ2) is 7.96. The van der Waals surface area contributed by atoms with E-state index < -0.39 is 0 Å². The molecule has 1 heterocycles. The zero-order valence-electron chi connectivity index (χ0n) is 8.64. The van der Waals surface area contributed by atoms with E-state index in [1.807, 2.05) is 16.8 Å². The maximum atomic E-state index is 8.59. The topological polar surface area (TPSA) is 51.2 Å². The van der Waals surface area contributed by atoms with Gasteiger partial charge < -0.3 is 0 Å². The standard InChI is InChI=1S/C6H12N4O2S5/c11-7-12-10(6(15)16)9(5(13)14)8-1-3-17-4-2-8/h7,11H,1-4H2,(H,13,14)(H,15,16). The number of nitrogens with zero attached hydrogens (tertiary/aromatic N) is 3. The quantitative estimate of drug-likeness (QED) is 0.340. The van der Waals surface area contributed by atoms with Crippen molar-refractivity contribution < 1.29 is 10.1 Å². The van der Waals surface area contributed by atoms with Crippen LogP contribution in [0.1, 0.15) is 0 Å². The van der Waals surface area contributed by atoms with E-state index in [2.05, 4.69) is 25.3 Å². The van der Waals surface area contributed by atoms with Gasteiger partial charge in [-0.25, -0.2) is 0 Å². The Morgan fingerprint density at radius 2 is 1.88 bits per heavy atom. The molecule has 0 spiro atoms. The maximum absolute atomic E-state index is 8.59. The molecule has 11 heteroatoms. The van der Waals surface area contributed by atoms with Gasteiger partial charge in [0.05, 0.1) is 0 Å². The molecule has 98 valence electrons. The molecule has 0 amide bonds. The Kier molecular flexibility index (Phi) is 7.37. The van der Waals surface area contributed by atoms with E-state index >= 15 is 0 Å². The largest absolute Gasteiger partial charge is 0.290 e. The fourth-order valence-electron chi connectivity index (χ4n) is 1.25. The normalized spacial score (nSPS) is 16.6. The number of thiol groups is 2. The third kappa shape index (κ3) is 4.69. The first kappa shape index (κ1) is 15.7. The van der Waals surface area contributed by atoms with Gasteiger partial charge in [0.2, 0.25) is 0 Å².